The average Bonchev–Trinajstić information content (AvgIpc) is 2.23. The van der Waals surface area contributed by atoms with Gasteiger partial charge in [-0.2, -0.15) is 0 Å². The number of carbonyl (C=O) groups excluding carboxylic acids is 1. The zero-order valence-electron chi connectivity index (χ0n) is 11.6. The minimum Gasteiger partial charge on any atom is -0.478 e. The Kier molecular flexibility index (Phi) is 4.48. The number of aryl methyl sites for hydroxylation is 1. The van der Waals surface area contributed by atoms with E-state index in [0.29, 0.717) is 5.56 Å². The van der Waals surface area contributed by atoms with Crippen molar-refractivity contribution in [2.24, 2.45) is 0 Å². The van der Waals surface area contributed by atoms with Gasteiger partial charge in [0.25, 0.3) is 0 Å². The predicted octanol–water partition coefficient (Wildman–Crippen LogP) is 3.05. The molecule has 0 unspecified atom stereocenters. The maximum absolute atomic E-state index is 11.5. The van der Waals surface area contributed by atoms with Crippen LogP contribution in [0, 0.1) is 6.92 Å². The van der Waals surface area contributed by atoms with Gasteiger partial charge < -0.3 is 9.84 Å². The van der Waals surface area contributed by atoms with Gasteiger partial charge in [-0.05, 0) is 51.0 Å². The molecule has 1 N–H and O–H groups in total. The lowest BCUT2D eigenvalue weighted by Crippen LogP contribution is -2.22. The maximum atomic E-state index is 11.5. The fourth-order valence-corrected chi connectivity index (χ4v) is 1.53. The van der Waals surface area contributed by atoms with E-state index in [0.717, 1.165) is 5.56 Å². The molecule has 0 aliphatic carbocycles. The Bertz CT molecular complexity index is 521. The molecular weight excluding hydrogens is 244 g/mol. The minimum absolute atomic E-state index is 0.259. The van der Waals surface area contributed by atoms with Crippen LogP contribution < -0.4 is 0 Å². The van der Waals surface area contributed by atoms with Crippen molar-refractivity contribution >= 4 is 18.0 Å². The summed E-state index contributed by atoms with van der Waals surface area (Å²) in [5, 5.41) is 8.91. The van der Waals surface area contributed by atoms with Gasteiger partial charge in [0.1, 0.15) is 5.60 Å². The van der Waals surface area contributed by atoms with E-state index in [4.69, 9.17) is 9.84 Å². The number of carboxylic acids is 1. The van der Waals surface area contributed by atoms with Crippen LogP contribution >= 0.6 is 0 Å². The third kappa shape index (κ3) is 4.95. The number of carboxylic acid groups (broad SMARTS) is 1. The Hall–Kier alpha value is -2.10. The van der Waals surface area contributed by atoms with Crippen molar-refractivity contribution in [1.29, 1.82) is 0 Å². The van der Waals surface area contributed by atoms with Gasteiger partial charge in [0.15, 0.2) is 0 Å². The van der Waals surface area contributed by atoms with Gasteiger partial charge in [-0.25, -0.2) is 9.59 Å². The third-order valence-corrected chi connectivity index (χ3v) is 2.30. The lowest BCUT2D eigenvalue weighted by atomic mass is 10.0. The topological polar surface area (TPSA) is 63.6 Å². The summed E-state index contributed by atoms with van der Waals surface area (Å²) in [6, 6.07) is 4.88. The van der Waals surface area contributed by atoms with Crippen LogP contribution in [0.15, 0.2) is 24.3 Å². The van der Waals surface area contributed by atoms with Crippen molar-refractivity contribution in [2.45, 2.75) is 33.3 Å². The molecule has 0 fully saturated rings. The number of benzene rings is 1. The van der Waals surface area contributed by atoms with Gasteiger partial charge >= 0.3 is 11.9 Å². The molecular formula is C15H18O4. The molecule has 0 saturated heterocycles. The predicted molar refractivity (Wildman–Crippen MR) is 73.0 cm³/mol. The highest BCUT2D eigenvalue weighted by Crippen LogP contribution is 2.13. The smallest absolute Gasteiger partial charge is 0.335 e. The van der Waals surface area contributed by atoms with Crippen molar-refractivity contribution in [3.05, 3.63) is 41.0 Å². The molecule has 1 aromatic rings. The van der Waals surface area contributed by atoms with Crippen LogP contribution in [0.3, 0.4) is 0 Å². The number of esters is 1. The van der Waals surface area contributed by atoms with Crippen LogP contribution in [0.25, 0.3) is 6.08 Å². The van der Waals surface area contributed by atoms with Gasteiger partial charge in [-0.15, -0.1) is 0 Å². The quantitative estimate of drug-likeness (QED) is 0.671. The first-order chi connectivity index (χ1) is 8.69. The number of hydrogen-bond donors (Lipinski definition) is 1. The molecule has 102 valence electrons. The third-order valence-electron chi connectivity index (χ3n) is 2.30. The summed E-state index contributed by atoms with van der Waals surface area (Å²) in [6.07, 6.45) is 2.94. The second-order valence-corrected chi connectivity index (χ2v) is 5.25. The number of carbonyl (C=O) groups is 2. The zero-order valence-corrected chi connectivity index (χ0v) is 11.6. The number of hydrogen-bond acceptors (Lipinski definition) is 3. The van der Waals surface area contributed by atoms with Gasteiger partial charge in [0, 0.05) is 6.08 Å². The van der Waals surface area contributed by atoms with E-state index >= 15 is 0 Å². The van der Waals surface area contributed by atoms with E-state index in [1.54, 1.807) is 45.9 Å². The van der Waals surface area contributed by atoms with Crippen molar-refractivity contribution in [2.75, 3.05) is 0 Å². The van der Waals surface area contributed by atoms with Gasteiger partial charge in [0.05, 0.1) is 5.56 Å². The molecule has 1 rings (SSSR count). The maximum Gasteiger partial charge on any atom is 0.335 e. The van der Waals surface area contributed by atoms with E-state index in [9.17, 15) is 9.59 Å². The van der Waals surface area contributed by atoms with E-state index < -0.39 is 17.5 Å². The Morgan fingerprint density at radius 3 is 2.37 bits per heavy atom. The van der Waals surface area contributed by atoms with E-state index in [-0.39, 0.29) is 5.56 Å². The fraction of sp³-hybridized carbons (Fsp3) is 0.333. The van der Waals surface area contributed by atoms with Crippen LogP contribution in [-0.4, -0.2) is 22.6 Å². The molecule has 4 heteroatoms. The van der Waals surface area contributed by atoms with E-state index in [1.165, 1.54) is 12.1 Å². The number of rotatable bonds is 3. The Labute approximate surface area is 112 Å². The van der Waals surface area contributed by atoms with Crippen molar-refractivity contribution in [1.82, 2.24) is 0 Å². The molecule has 0 spiro atoms. The van der Waals surface area contributed by atoms with Gasteiger partial charge in [-0.3, -0.25) is 0 Å². The Morgan fingerprint density at radius 2 is 1.89 bits per heavy atom. The molecule has 0 aliphatic rings. The summed E-state index contributed by atoms with van der Waals surface area (Å²) < 4.78 is 5.13. The van der Waals surface area contributed by atoms with Crippen LogP contribution in [0.5, 0.6) is 0 Å². The molecule has 19 heavy (non-hydrogen) atoms. The van der Waals surface area contributed by atoms with Crippen molar-refractivity contribution in [3.63, 3.8) is 0 Å². The first-order valence-electron chi connectivity index (χ1n) is 5.94. The fourth-order valence-electron chi connectivity index (χ4n) is 1.53. The highest BCUT2D eigenvalue weighted by molar-refractivity contribution is 5.90. The molecule has 0 bridgehead atoms. The van der Waals surface area contributed by atoms with E-state index in [1.807, 2.05) is 0 Å². The largest absolute Gasteiger partial charge is 0.478 e. The van der Waals surface area contributed by atoms with Gasteiger partial charge in [0.2, 0.25) is 0 Å². The zero-order chi connectivity index (χ0) is 14.6. The monoisotopic (exact) mass is 262 g/mol. The van der Waals surface area contributed by atoms with Gasteiger partial charge in [-0.1, -0.05) is 12.1 Å². The van der Waals surface area contributed by atoms with Crippen LogP contribution in [0.2, 0.25) is 0 Å². The molecule has 0 atom stereocenters. The minimum atomic E-state index is -0.958. The first kappa shape index (κ1) is 15.0. The molecule has 1 aromatic carbocycles. The van der Waals surface area contributed by atoms with Crippen LogP contribution in [0.1, 0.15) is 42.3 Å². The number of aromatic carboxylic acids is 1. The molecule has 0 radical (unpaired) electrons. The summed E-state index contributed by atoms with van der Waals surface area (Å²) in [5.41, 5.74) is 1.14. The average molecular weight is 262 g/mol. The lowest BCUT2D eigenvalue weighted by Gasteiger charge is -2.17. The SMILES string of the molecule is Cc1cc(/C=C/C(=O)OC(C)(C)C)ccc1C(=O)O. The number of ether oxygens (including phenoxy) is 1. The van der Waals surface area contributed by atoms with Crippen LogP contribution in [0.4, 0.5) is 0 Å². The summed E-state index contributed by atoms with van der Waals surface area (Å²) in [7, 11) is 0. The highest BCUT2D eigenvalue weighted by Gasteiger charge is 2.13. The molecule has 0 heterocycles. The van der Waals surface area contributed by atoms with E-state index in [2.05, 4.69) is 0 Å². The normalized spacial score (nSPS) is 11.6. The lowest BCUT2D eigenvalue weighted by molar-refractivity contribution is -0.148. The second kappa shape index (κ2) is 5.69. The Morgan fingerprint density at radius 1 is 1.26 bits per heavy atom. The summed E-state index contributed by atoms with van der Waals surface area (Å²) in [6.45, 7) is 7.11. The van der Waals surface area contributed by atoms with Crippen molar-refractivity contribution < 1.29 is 19.4 Å². The highest BCUT2D eigenvalue weighted by atomic mass is 16.6. The molecule has 0 aliphatic heterocycles. The molecule has 0 amide bonds. The summed E-state index contributed by atoms with van der Waals surface area (Å²) in [5.74, 6) is -1.38. The van der Waals surface area contributed by atoms with Crippen LogP contribution in [-0.2, 0) is 9.53 Å². The molecule has 0 saturated carbocycles. The van der Waals surface area contributed by atoms with Crippen molar-refractivity contribution in [3.8, 4) is 0 Å². The standard InChI is InChI=1S/C15H18O4/c1-10-9-11(5-7-12(10)14(17)18)6-8-13(16)19-15(2,3)4/h5-9H,1-4H3,(H,17,18)/b8-6+. The molecule has 4 nitrogen and oxygen atoms in total. The first-order valence-corrected chi connectivity index (χ1v) is 5.94. The Balaban J connectivity index is 2.81. The second-order valence-electron chi connectivity index (χ2n) is 5.25. The summed E-state index contributed by atoms with van der Waals surface area (Å²) in [4.78, 5) is 22.4. The molecule has 0 aromatic heterocycles. The summed E-state index contributed by atoms with van der Waals surface area (Å²) >= 11 is 0.